The molecule has 1 heterocycles. The average molecular weight is 303 g/mol. The highest BCUT2D eigenvalue weighted by atomic mass is 32.2. The highest BCUT2D eigenvalue weighted by Gasteiger charge is 2.27. The molecular formula is C17H21NO2S. The van der Waals surface area contributed by atoms with E-state index in [0.717, 1.165) is 19.4 Å². The molecule has 4 heteroatoms. The maximum absolute atomic E-state index is 11.4. The highest BCUT2D eigenvalue weighted by Crippen LogP contribution is 2.35. The molecule has 1 aliphatic rings. The summed E-state index contributed by atoms with van der Waals surface area (Å²) in [6, 6.07) is 15.2. The Morgan fingerprint density at radius 1 is 1.14 bits per heavy atom. The molecule has 0 aliphatic carbocycles. The fourth-order valence-electron chi connectivity index (χ4n) is 3.27. The highest BCUT2D eigenvalue weighted by molar-refractivity contribution is 7.90. The first-order valence-electron chi connectivity index (χ1n) is 7.44. The SMILES string of the molecule is CS(=O)(=O)CCN1CCCC1c1cccc2ccccc12. The van der Waals surface area contributed by atoms with Gasteiger partial charge in [-0.2, -0.15) is 0 Å². The lowest BCUT2D eigenvalue weighted by molar-refractivity contribution is 0.274. The Kier molecular flexibility index (Phi) is 4.00. The standard InChI is InChI=1S/C17H21NO2S/c1-21(19,20)13-12-18-11-5-10-17(18)16-9-4-7-14-6-2-3-8-15(14)16/h2-4,6-9,17H,5,10-13H2,1H3. The summed E-state index contributed by atoms with van der Waals surface area (Å²) in [5.41, 5.74) is 1.33. The topological polar surface area (TPSA) is 37.4 Å². The van der Waals surface area contributed by atoms with Crippen molar-refractivity contribution in [1.82, 2.24) is 4.90 Å². The van der Waals surface area contributed by atoms with Crippen molar-refractivity contribution in [2.24, 2.45) is 0 Å². The van der Waals surface area contributed by atoms with Crippen molar-refractivity contribution in [3.63, 3.8) is 0 Å². The van der Waals surface area contributed by atoms with Gasteiger partial charge in [-0.1, -0.05) is 42.5 Å². The quantitative estimate of drug-likeness (QED) is 0.871. The van der Waals surface area contributed by atoms with Crippen LogP contribution < -0.4 is 0 Å². The smallest absolute Gasteiger partial charge is 0.148 e. The van der Waals surface area contributed by atoms with Gasteiger partial charge in [-0.25, -0.2) is 8.42 Å². The van der Waals surface area contributed by atoms with Crippen molar-refractivity contribution in [1.29, 1.82) is 0 Å². The van der Waals surface area contributed by atoms with Crippen molar-refractivity contribution < 1.29 is 8.42 Å². The molecule has 3 nitrogen and oxygen atoms in total. The van der Waals surface area contributed by atoms with Crippen LogP contribution in [0.2, 0.25) is 0 Å². The molecule has 0 N–H and O–H groups in total. The van der Waals surface area contributed by atoms with Gasteiger partial charge >= 0.3 is 0 Å². The van der Waals surface area contributed by atoms with Crippen molar-refractivity contribution in [2.45, 2.75) is 18.9 Å². The Morgan fingerprint density at radius 2 is 1.90 bits per heavy atom. The number of hydrogen-bond acceptors (Lipinski definition) is 3. The maximum Gasteiger partial charge on any atom is 0.148 e. The molecule has 0 amide bonds. The third-order valence-corrected chi connectivity index (χ3v) is 5.22. The number of benzene rings is 2. The van der Waals surface area contributed by atoms with Crippen molar-refractivity contribution >= 4 is 20.6 Å². The zero-order valence-corrected chi connectivity index (χ0v) is 13.1. The number of fused-ring (bicyclic) bond motifs is 1. The lowest BCUT2D eigenvalue weighted by Gasteiger charge is -2.25. The first-order valence-corrected chi connectivity index (χ1v) is 9.50. The van der Waals surface area contributed by atoms with Crippen LogP contribution >= 0.6 is 0 Å². The zero-order valence-electron chi connectivity index (χ0n) is 12.3. The summed E-state index contributed by atoms with van der Waals surface area (Å²) in [4.78, 5) is 2.32. The van der Waals surface area contributed by atoms with E-state index in [-0.39, 0.29) is 5.75 Å². The molecule has 3 rings (SSSR count). The summed E-state index contributed by atoms with van der Waals surface area (Å²) in [7, 11) is -2.90. The number of rotatable bonds is 4. The van der Waals surface area contributed by atoms with Crippen LogP contribution in [-0.2, 0) is 9.84 Å². The summed E-state index contributed by atoms with van der Waals surface area (Å²) in [6.07, 6.45) is 3.56. The molecule has 112 valence electrons. The van der Waals surface area contributed by atoms with E-state index in [4.69, 9.17) is 0 Å². The van der Waals surface area contributed by atoms with Gasteiger partial charge < -0.3 is 0 Å². The predicted molar refractivity (Wildman–Crippen MR) is 87.2 cm³/mol. The van der Waals surface area contributed by atoms with E-state index in [1.807, 2.05) is 0 Å². The van der Waals surface area contributed by atoms with Crippen molar-refractivity contribution in [2.75, 3.05) is 25.1 Å². The Hall–Kier alpha value is -1.39. The largest absolute Gasteiger partial charge is 0.295 e. The van der Waals surface area contributed by atoms with Gasteiger partial charge in [0.25, 0.3) is 0 Å². The molecular weight excluding hydrogens is 282 g/mol. The van der Waals surface area contributed by atoms with Crippen molar-refractivity contribution in [3.8, 4) is 0 Å². The molecule has 0 saturated carbocycles. The molecule has 1 fully saturated rings. The lowest BCUT2D eigenvalue weighted by atomic mass is 9.97. The number of likely N-dealkylation sites (tertiary alicyclic amines) is 1. The fourth-order valence-corrected chi connectivity index (χ4v) is 3.84. The third kappa shape index (κ3) is 3.27. The number of sulfone groups is 1. The minimum absolute atomic E-state index is 0.244. The maximum atomic E-state index is 11.4. The Bertz CT molecular complexity index is 734. The second-order valence-corrected chi connectivity index (χ2v) is 8.15. The molecule has 21 heavy (non-hydrogen) atoms. The minimum Gasteiger partial charge on any atom is -0.295 e. The van der Waals surface area contributed by atoms with Crippen LogP contribution in [0, 0.1) is 0 Å². The van der Waals surface area contributed by atoms with Crippen LogP contribution in [-0.4, -0.2) is 38.4 Å². The summed E-state index contributed by atoms with van der Waals surface area (Å²) >= 11 is 0. The van der Waals surface area contributed by atoms with Crippen LogP contribution in [0.3, 0.4) is 0 Å². The number of hydrogen-bond donors (Lipinski definition) is 0. The van der Waals surface area contributed by atoms with E-state index in [0.29, 0.717) is 12.6 Å². The van der Waals surface area contributed by atoms with E-state index in [1.165, 1.54) is 22.6 Å². The zero-order chi connectivity index (χ0) is 14.9. The van der Waals surface area contributed by atoms with Crippen LogP contribution in [0.25, 0.3) is 10.8 Å². The first-order chi connectivity index (χ1) is 10.0. The van der Waals surface area contributed by atoms with Gasteiger partial charge in [0.2, 0.25) is 0 Å². The fraction of sp³-hybridized carbons (Fsp3) is 0.412. The molecule has 2 aromatic rings. The molecule has 0 bridgehead atoms. The van der Waals surface area contributed by atoms with E-state index in [1.54, 1.807) is 0 Å². The van der Waals surface area contributed by atoms with E-state index < -0.39 is 9.84 Å². The molecule has 0 radical (unpaired) electrons. The molecule has 0 spiro atoms. The monoisotopic (exact) mass is 303 g/mol. The Labute approximate surface area is 126 Å². The van der Waals surface area contributed by atoms with Gasteiger partial charge in [-0.05, 0) is 35.7 Å². The van der Waals surface area contributed by atoms with Crippen molar-refractivity contribution in [3.05, 3.63) is 48.0 Å². The molecule has 1 unspecified atom stereocenters. The van der Waals surface area contributed by atoms with Crippen LogP contribution in [0.15, 0.2) is 42.5 Å². The van der Waals surface area contributed by atoms with E-state index >= 15 is 0 Å². The van der Waals surface area contributed by atoms with Crippen LogP contribution in [0.1, 0.15) is 24.4 Å². The van der Waals surface area contributed by atoms with Crippen LogP contribution in [0.5, 0.6) is 0 Å². The van der Waals surface area contributed by atoms with Gasteiger partial charge in [0, 0.05) is 18.8 Å². The summed E-state index contributed by atoms with van der Waals surface area (Å²) in [6.45, 7) is 1.62. The van der Waals surface area contributed by atoms with Gasteiger partial charge in [0.05, 0.1) is 5.75 Å². The average Bonchev–Trinajstić information content (AvgIpc) is 2.92. The normalized spacial score (nSPS) is 20.1. The van der Waals surface area contributed by atoms with Gasteiger partial charge in [0.15, 0.2) is 0 Å². The summed E-state index contributed by atoms with van der Waals surface area (Å²) in [5.74, 6) is 0.244. The molecule has 1 atom stereocenters. The Morgan fingerprint density at radius 3 is 2.71 bits per heavy atom. The van der Waals surface area contributed by atoms with E-state index in [9.17, 15) is 8.42 Å². The number of nitrogens with zero attached hydrogens (tertiary/aromatic N) is 1. The van der Waals surface area contributed by atoms with Gasteiger partial charge in [-0.15, -0.1) is 0 Å². The summed E-state index contributed by atoms with van der Waals surface area (Å²) < 4.78 is 22.8. The molecule has 1 aliphatic heterocycles. The van der Waals surface area contributed by atoms with E-state index in [2.05, 4.69) is 47.4 Å². The molecule has 2 aromatic carbocycles. The van der Waals surface area contributed by atoms with Gasteiger partial charge in [0.1, 0.15) is 9.84 Å². The molecule has 0 aromatic heterocycles. The minimum atomic E-state index is -2.90. The summed E-state index contributed by atoms with van der Waals surface area (Å²) in [5, 5.41) is 2.54. The second-order valence-electron chi connectivity index (χ2n) is 5.89. The third-order valence-electron chi connectivity index (χ3n) is 4.30. The molecule has 1 saturated heterocycles. The predicted octanol–water partition coefficient (Wildman–Crippen LogP) is 3.02. The van der Waals surface area contributed by atoms with Crippen LogP contribution in [0.4, 0.5) is 0 Å². The van der Waals surface area contributed by atoms with Gasteiger partial charge in [-0.3, -0.25) is 4.90 Å². The first kappa shape index (κ1) is 14.5. The second kappa shape index (κ2) is 5.78. The Balaban J connectivity index is 1.90. The lowest BCUT2D eigenvalue weighted by Crippen LogP contribution is -2.29.